The maximum atomic E-state index is 6.60. The molecule has 0 bridgehead atoms. The fourth-order valence-electron chi connectivity index (χ4n) is 5.26. The molecule has 0 aliphatic carbocycles. The van der Waals surface area contributed by atoms with Crippen molar-refractivity contribution in [2.75, 3.05) is 19.8 Å². The molecular weight excluding hydrogens is 456 g/mol. The Labute approximate surface area is 220 Å². The smallest absolute Gasteiger partial charge is 0.135 e. The van der Waals surface area contributed by atoms with Crippen molar-refractivity contribution in [3.8, 4) is 28.4 Å². The minimum absolute atomic E-state index is 0.652. The van der Waals surface area contributed by atoms with E-state index in [1.807, 2.05) is 0 Å². The van der Waals surface area contributed by atoms with Gasteiger partial charge in [-0.15, -0.1) is 0 Å². The molecule has 0 radical (unpaired) electrons. The summed E-state index contributed by atoms with van der Waals surface area (Å²) in [6.07, 6.45) is 2.85. The second kappa shape index (κ2) is 11.1. The molecule has 0 fully saturated rings. The Morgan fingerprint density at radius 2 is 0.784 bits per heavy atom. The Balaban J connectivity index is 1.96. The first-order chi connectivity index (χ1) is 18.2. The molecular formula is C34H36O3. The third-order valence-electron chi connectivity index (χ3n) is 6.84. The van der Waals surface area contributed by atoms with Crippen LogP contribution in [0.25, 0.3) is 43.4 Å². The van der Waals surface area contributed by atoms with Gasteiger partial charge in [0, 0.05) is 38.2 Å². The lowest BCUT2D eigenvalue weighted by atomic mass is 9.86. The molecule has 5 aromatic carbocycles. The highest BCUT2D eigenvalue weighted by molar-refractivity contribution is 6.19. The molecule has 0 N–H and O–H groups in total. The zero-order valence-corrected chi connectivity index (χ0v) is 22.4. The first-order valence-electron chi connectivity index (χ1n) is 13.6. The molecule has 3 heteroatoms. The van der Waals surface area contributed by atoms with Crippen molar-refractivity contribution in [3.05, 3.63) is 78.4 Å². The number of benzene rings is 5. The van der Waals surface area contributed by atoms with Crippen LogP contribution in [0.3, 0.4) is 0 Å². The summed E-state index contributed by atoms with van der Waals surface area (Å²) in [6, 6.07) is 25.6. The molecule has 0 spiro atoms. The van der Waals surface area contributed by atoms with Gasteiger partial charge in [0.2, 0.25) is 0 Å². The van der Waals surface area contributed by atoms with Gasteiger partial charge in [0.15, 0.2) is 0 Å². The molecule has 0 saturated heterocycles. The quantitative estimate of drug-likeness (QED) is 0.182. The molecule has 0 aromatic heterocycles. The summed E-state index contributed by atoms with van der Waals surface area (Å²) in [5.74, 6) is 2.82. The molecule has 0 unspecified atom stereocenters. The van der Waals surface area contributed by atoms with E-state index in [9.17, 15) is 0 Å². The van der Waals surface area contributed by atoms with Gasteiger partial charge in [-0.1, -0.05) is 93.6 Å². The van der Waals surface area contributed by atoms with Crippen LogP contribution >= 0.6 is 0 Å². The predicted octanol–water partition coefficient (Wildman–Crippen LogP) is 9.49. The number of rotatable bonds is 10. The van der Waals surface area contributed by atoms with Gasteiger partial charge in [-0.3, -0.25) is 0 Å². The van der Waals surface area contributed by atoms with Crippen molar-refractivity contribution in [2.24, 2.45) is 0 Å². The minimum Gasteiger partial charge on any atom is -0.493 e. The number of ether oxygens (including phenoxy) is 3. The first-order valence-corrected chi connectivity index (χ1v) is 13.6. The second-order valence-corrected chi connectivity index (χ2v) is 9.54. The summed E-state index contributed by atoms with van der Waals surface area (Å²) < 4.78 is 19.4. The van der Waals surface area contributed by atoms with Crippen molar-refractivity contribution >= 4 is 32.3 Å². The van der Waals surface area contributed by atoms with E-state index in [1.165, 1.54) is 5.56 Å². The zero-order valence-electron chi connectivity index (χ0n) is 22.4. The molecule has 0 saturated carbocycles. The van der Waals surface area contributed by atoms with Crippen molar-refractivity contribution in [3.63, 3.8) is 0 Å². The highest BCUT2D eigenvalue weighted by Crippen LogP contribution is 2.51. The molecule has 0 atom stereocenters. The number of fused-ring (bicyclic) bond motifs is 3. The Morgan fingerprint density at radius 3 is 1.24 bits per heavy atom. The molecule has 5 rings (SSSR count). The van der Waals surface area contributed by atoms with Crippen LogP contribution in [0.15, 0.2) is 72.8 Å². The van der Waals surface area contributed by atoms with Crippen LogP contribution in [0.1, 0.15) is 45.6 Å². The molecule has 0 aliphatic heterocycles. The Kier molecular flexibility index (Phi) is 7.50. The third-order valence-corrected chi connectivity index (χ3v) is 6.84. The molecule has 0 amide bonds. The van der Waals surface area contributed by atoms with Crippen LogP contribution in [0, 0.1) is 6.92 Å². The summed E-state index contributed by atoms with van der Waals surface area (Å²) in [7, 11) is 0. The Bertz CT molecular complexity index is 1490. The molecule has 37 heavy (non-hydrogen) atoms. The van der Waals surface area contributed by atoms with Crippen LogP contribution in [0.5, 0.6) is 17.2 Å². The van der Waals surface area contributed by atoms with Gasteiger partial charge in [-0.05, 0) is 37.0 Å². The van der Waals surface area contributed by atoms with Crippen LogP contribution < -0.4 is 14.2 Å². The molecule has 0 heterocycles. The summed E-state index contributed by atoms with van der Waals surface area (Å²) in [5.41, 5.74) is 3.38. The maximum absolute atomic E-state index is 6.60. The van der Waals surface area contributed by atoms with Crippen molar-refractivity contribution in [1.82, 2.24) is 0 Å². The highest BCUT2D eigenvalue weighted by Gasteiger charge is 2.25. The van der Waals surface area contributed by atoms with E-state index < -0.39 is 0 Å². The highest BCUT2D eigenvalue weighted by atomic mass is 16.5. The summed E-state index contributed by atoms with van der Waals surface area (Å²) in [4.78, 5) is 0. The third kappa shape index (κ3) is 4.48. The fourth-order valence-corrected chi connectivity index (χ4v) is 5.26. The SMILES string of the molecule is CCCOc1c(C)c(-c2c3ccccc3c(OCCC)c3ccccc23)c(OCCC)c2ccccc12. The van der Waals surface area contributed by atoms with E-state index in [4.69, 9.17) is 14.2 Å². The first kappa shape index (κ1) is 25.0. The fraction of sp³-hybridized carbons (Fsp3) is 0.294. The lowest BCUT2D eigenvalue weighted by Gasteiger charge is -2.24. The van der Waals surface area contributed by atoms with Crippen LogP contribution in [0.2, 0.25) is 0 Å². The van der Waals surface area contributed by atoms with Crippen molar-refractivity contribution in [2.45, 2.75) is 47.0 Å². The van der Waals surface area contributed by atoms with Gasteiger partial charge in [0.25, 0.3) is 0 Å². The van der Waals surface area contributed by atoms with Crippen molar-refractivity contribution < 1.29 is 14.2 Å². The van der Waals surface area contributed by atoms with Gasteiger partial charge in [-0.2, -0.15) is 0 Å². The maximum Gasteiger partial charge on any atom is 0.135 e. The van der Waals surface area contributed by atoms with E-state index in [0.717, 1.165) is 80.0 Å². The van der Waals surface area contributed by atoms with Crippen LogP contribution in [0.4, 0.5) is 0 Å². The zero-order chi connectivity index (χ0) is 25.8. The number of hydrogen-bond acceptors (Lipinski definition) is 3. The predicted molar refractivity (Wildman–Crippen MR) is 156 cm³/mol. The molecule has 5 aromatic rings. The summed E-state index contributed by atoms with van der Waals surface area (Å²) >= 11 is 0. The lowest BCUT2D eigenvalue weighted by molar-refractivity contribution is 0.313. The van der Waals surface area contributed by atoms with Crippen LogP contribution in [-0.2, 0) is 0 Å². The largest absolute Gasteiger partial charge is 0.493 e. The normalized spacial score (nSPS) is 11.4. The van der Waals surface area contributed by atoms with Crippen LogP contribution in [-0.4, -0.2) is 19.8 Å². The van der Waals surface area contributed by atoms with Gasteiger partial charge < -0.3 is 14.2 Å². The van der Waals surface area contributed by atoms with Gasteiger partial charge in [0.05, 0.1) is 19.8 Å². The second-order valence-electron chi connectivity index (χ2n) is 9.54. The molecule has 0 aliphatic rings. The lowest BCUT2D eigenvalue weighted by Crippen LogP contribution is -2.05. The summed E-state index contributed by atoms with van der Waals surface area (Å²) in [6.45, 7) is 10.6. The van der Waals surface area contributed by atoms with E-state index in [-0.39, 0.29) is 0 Å². The Hall–Kier alpha value is -3.72. The van der Waals surface area contributed by atoms with Gasteiger partial charge in [-0.25, -0.2) is 0 Å². The topological polar surface area (TPSA) is 27.7 Å². The van der Waals surface area contributed by atoms with Crippen molar-refractivity contribution in [1.29, 1.82) is 0 Å². The molecule has 190 valence electrons. The van der Waals surface area contributed by atoms with E-state index in [2.05, 4.69) is 100 Å². The monoisotopic (exact) mass is 492 g/mol. The van der Waals surface area contributed by atoms with Gasteiger partial charge in [0.1, 0.15) is 17.2 Å². The van der Waals surface area contributed by atoms with E-state index in [1.54, 1.807) is 0 Å². The average Bonchev–Trinajstić information content (AvgIpc) is 2.94. The number of hydrogen-bond donors (Lipinski definition) is 0. The summed E-state index contributed by atoms with van der Waals surface area (Å²) in [5, 5.41) is 6.74. The average molecular weight is 493 g/mol. The Morgan fingerprint density at radius 1 is 0.432 bits per heavy atom. The molecule has 3 nitrogen and oxygen atoms in total. The minimum atomic E-state index is 0.652. The standard InChI is InChI=1S/C34H36O3/c1-5-20-35-32-23(4)30(34(37-22-7-3)29-19-13-12-18-28(29)32)31-24-14-8-10-16-26(24)33(36-21-6-2)27-17-11-9-15-25(27)31/h8-19H,5-7,20-22H2,1-4H3. The van der Waals surface area contributed by atoms with Gasteiger partial charge >= 0.3 is 0 Å². The van der Waals surface area contributed by atoms with E-state index >= 15 is 0 Å². The van der Waals surface area contributed by atoms with E-state index in [0.29, 0.717) is 19.8 Å².